The number of fused-ring (bicyclic) bond motifs is 1. The van der Waals surface area contributed by atoms with E-state index in [1.165, 1.54) is 6.20 Å². The molecule has 1 aliphatic carbocycles. The Morgan fingerprint density at radius 3 is 2.67 bits per heavy atom. The van der Waals surface area contributed by atoms with Gasteiger partial charge in [0.1, 0.15) is 5.54 Å². The molecule has 2 aromatic heterocycles. The summed E-state index contributed by atoms with van der Waals surface area (Å²) in [6.07, 6.45) is -2.74. The second-order valence-corrected chi connectivity index (χ2v) is 5.62. The van der Waals surface area contributed by atoms with Crippen LogP contribution in [-0.2, 0) is 5.54 Å². The first-order valence-corrected chi connectivity index (χ1v) is 6.39. The minimum absolute atomic E-state index is 0.0511. The molecule has 3 rings (SSSR count). The van der Waals surface area contributed by atoms with Gasteiger partial charge >= 0.3 is 6.18 Å². The molecule has 0 aromatic carbocycles. The lowest BCUT2D eigenvalue weighted by molar-refractivity contribution is -0.179. The van der Waals surface area contributed by atoms with E-state index in [9.17, 15) is 13.2 Å². The summed E-state index contributed by atoms with van der Waals surface area (Å²) in [4.78, 5) is 6.81. The Bertz CT molecular complexity index is 684. The quantitative estimate of drug-likeness (QED) is 0.800. The molecule has 0 aliphatic heterocycles. The maximum Gasteiger partial charge on any atom is 0.412 e. The van der Waals surface area contributed by atoms with E-state index < -0.39 is 11.7 Å². The number of aromatic amines is 1. The van der Waals surface area contributed by atoms with E-state index in [4.69, 9.17) is 12.2 Å². The Hall–Kier alpha value is -0.890. The Morgan fingerprint density at radius 1 is 1.44 bits per heavy atom. The largest absolute Gasteiger partial charge is 0.412 e. The molecular formula is C10H7BrF3N3S. The summed E-state index contributed by atoms with van der Waals surface area (Å²) in [5.74, 6) is 0. The molecule has 3 nitrogen and oxygen atoms in total. The number of halogens is 4. The summed E-state index contributed by atoms with van der Waals surface area (Å²) in [6.45, 7) is 0. The molecule has 0 bridgehead atoms. The molecular weight excluding hydrogens is 331 g/mol. The van der Waals surface area contributed by atoms with Crippen LogP contribution in [0, 0.1) is 4.77 Å². The summed E-state index contributed by atoms with van der Waals surface area (Å²) >= 11 is 8.23. The molecule has 0 spiro atoms. The highest BCUT2D eigenvalue weighted by atomic mass is 79.9. The molecule has 0 unspecified atom stereocenters. The van der Waals surface area contributed by atoms with Gasteiger partial charge in [0, 0.05) is 10.7 Å². The van der Waals surface area contributed by atoms with Crippen LogP contribution in [0.1, 0.15) is 12.8 Å². The first-order valence-electron chi connectivity index (χ1n) is 5.19. The van der Waals surface area contributed by atoms with Crippen LogP contribution in [0.3, 0.4) is 0 Å². The molecule has 8 heteroatoms. The van der Waals surface area contributed by atoms with Crippen molar-refractivity contribution >= 4 is 39.3 Å². The van der Waals surface area contributed by atoms with Crippen molar-refractivity contribution in [1.29, 1.82) is 0 Å². The van der Waals surface area contributed by atoms with Crippen molar-refractivity contribution in [3.05, 3.63) is 21.5 Å². The van der Waals surface area contributed by atoms with Crippen molar-refractivity contribution in [2.24, 2.45) is 0 Å². The fraction of sp³-hybridized carbons (Fsp3) is 0.400. The van der Waals surface area contributed by atoms with Crippen LogP contribution in [0.5, 0.6) is 0 Å². The molecule has 1 N–H and O–H groups in total. The highest BCUT2D eigenvalue weighted by Gasteiger charge is 2.65. The summed E-state index contributed by atoms with van der Waals surface area (Å²) in [6, 6.07) is 1.67. The predicted molar refractivity (Wildman–Crippen MR) is 65.9 cm³/mol. The van der Waals surface area contributed by atoms with Crippen molar-refractivity contribution in [2.45, 2.75) is 24.6 Å². The van der Waals surface area contributed by atoms with E-state index in [1.54, 1.807) is 6.07 Å². The third kappa shape index (κ3) is 1.55. The van der Waals surface area contributed by atoms with Gasteiger partial charge in [-0.15, -0.1) is 0 Å². The number of hydrogen-bond donors (Lipinski definition) is 1. The van der Waals surface area contributed by atoms with Crippen molar-refractivity contribution < 1.29 is 13.2 Å². The van der Waals surface area contributed by atoms with Gasteiger partial charge in [0.05, 0.1) is 5.52 Å². The summed E-state index contributed by atoms with van der Waals surface area (Å²) in [5, 5.41) is 0. The Labute approximate surface area is 113 Å². The lowest BCUT2D eigenvalue weighted by atomic mass is 10.2. The number of H-pyrrole nitrogens is 1. The van der Waals surface area contributed by atoms with Gasteiger partial charge in [0.15, 0.2) is 10.4 Å². The first kappa shape index (κ1) is 12.2. The molecule has 96 valence electrons. The normalized spacial score (nSPS) is 18.2. The van der Waals surface area contributed by atoms with Crippen molar-refractivity contribution in [3.8, 4) is 0 Å². The molecule has 2 heterocycles. The van der Waals surface area contributed by atoms with Gasteiger partial charge in [-0.25, -0.2) is 4.98 Å². The van der Waals surface area contributed by atoms with Crippen molar-refractivity contribution in [2.75, 3.05) is 0 Å². The average molecular weight is 338 g/mol. The van der Waals surface area contributed by atoms with Gasteiger partial charge in [-0.05, 0) is 47.1 Å². The smallest absolute Gasteiger partial charge is 0.329 e. The van der Waals surface area contributed by atoms with Gasteiger partial charge in [0.2, 0.25) is 0 Å². The Balaban J connectivity index is 2.31. The fourth-order valence-corrected chi connectivity index (χ4v) is 2.82. The SMILES string of the molecule is FC(F)(F)C1(n2c(=S)[nH]c3cc(Br)cnc32)CC1. The zero-order chi connectivity index (χ0) is 13.1. The van der Waals surface area contributed by atoms with Gasteiger partial charge < -0.3 is 4.98 Å². The Kier molecular flexibility index (Phi) is 2.41. The number of rotatable bonds is 1. The molecule has 1 saturated carbocycles. The maximum atomic E-state index is 13.1. The minimum atomic E-state index is -4.31. The van der Waals surface area contributed by atoms with Crippen LogP contribution in [-0.4, -0.2) is 20.7 Å². The lowest BCUT2D eigenvalue weighted by Gasteiger charge is -2.21. The molecule has 2 aromatic rings. The zero-order valence-electron chi connectivity index (χ0n) is 8.88. The van der Waals surface area contributed by atoms with Crippen molar-refractivity contribution in [3.63, 3.8) is 0 Å². The molecule has 0 atom stereocenters. The van der Waals surface area contributed by atoms with Gasteiger partial charge in [-0.2, -0.15) is 13.2 Å². The molecule has 1 aliphatic rings. The van der Waals surface area contributed by atoms with E-state index in [2.05, 4.69) is 25.9 Å². The Morgan fingerprint density at radius 2 is 2.11 bits per heavy atom. The van der Waals surface area contributed by atoms with Crippen LogP contribution in [0.25, 0.3) is 11.2 Å². The maximum absolute atomic E-state index is 13.1. The number of aromatic nitrogens is 3. The minimum Gasteiger partial charge on any atom is -0.329 e. The number of nitrogens with one attached hydrogen (secondary N) is 1. The number of alkyl halides is 3. The summed E-state index contributed by atoms with van der Waals surface area (Å²) in [5.41, 5.74) is -1.12. The molecule has 0 amide bonds. The predicted octanol–water partition coefficient (Wildman–Crippen LogP) is 3.91. The third-order valence-electron chi connectivity index (χ3n) is 3.17. The average Bonchev–Trinajstić information content (AvgIpc) is 2.97. The second kappa shape index (κ2) is 3.57. The van der Waals surface area contributed by atoms with E-state index in [0.29, 0.717) is 9.99 Å². The van der Waals surface area contributed by atoms with Crippen LogP contribution in [0.4, 0.5) is 13.2 Å². The molecule has 18 heavy (non-hydrogen) atoms. The topological polar surface area (TPSA) is 33.6 Å². The van der Waals surface area contributed by atoms with Crippen LogP contribution >= 0.6 is 28.1 Å². The molecule has 0 saturated heterocycles. The molecule has 1 fully saturated rings. The monoisotopic (exact) mass is 337 g/mol. The van der Waals surface area contributed by atoms with Crippen LogP contribution < -0.4 is 0 Å². The number of nitrogens with zero attached hydrogens (tertiary/aromatic N) is 2. The summed E-state index contributed by atoms with van der Waals surface area (Å²) in [7, 11) is 0. The van der Waals surface area contributed by atoms with Crippen LogP contribution in [0.15, 0.2) is 16.7 Å². The van der Waals surface area contributed by atoms with E-state index >= 15 is 0 Å². The number of pyridine rings is 1. The standard InChI is InChI=1S/C10H7BrF3N3S/c11-5-3-6-7(15-4-5)17(8(18)16-6)9(1-2-9)10(12,13)14/h3-4H,1-2H2,(H,16,18). The summed E-state index contributed by atoms with van der Waals surface area (Å²) < 4.78 is 41.2. The van der Waals surface area contributed by atoms with Gasteiger partial charge in [-0.3, -0.25) is 4.57 Å². The molecule has 0 radical (unpaired) electrons. The van der Waals surface area contributed by atoms with Crippen LogP contribution in [0.2, 0.25) is 0 Å². The van der Waals surface area contributed by atoms with E-state index in [0.717, 1.165) is 4.57 Å². The second-order valence-electron chi connectivity index (χ2n) is 4.32. The first-order chi connectivity index (χ1) is 8.35. The lowest BCUT2D eigenvalue weighted by Crippen LogP contribution is -2.35. The van der Waals surface area contributed by atoms with E-state index in [-0.39, 0.29) is 23.3 Å². The third-order valence-corrected chi connectivity index (χ3v) is 3.89. The zero-order valence-corrected chi connectivity index (χ0v) is 11.3. The van der Waals surface area contributed by atoms with E-state index in [1.807, 2.05) is 0 Å². The van der Waals surface area contributed by atoms with Gasteiger partial charge in [0.25, 0.3) is 0 Å². The number of imidazole rings is 1. The highest BCUT2D eigenvalue weighted by molar-refractivity contribution is 9.10. The number of hydrogen-bond acceptors (Lipinski definition) is 2. The van der Waals surface area contributed by atoms with Gasteiger partial charge in [-0.1, -0.05) is 0 Å². The fourth-order valence-electron chi connectivity index (χ4n) is 2.12. The van der Waals surface area contributed by atoms with Crippen molar-refractivity contribution in [1.82, 2.24) is 14.5 Å². The highest BCUT2D eigenvalue weighted by Crippen LogP contribution is 2.56.